The predicted octanol–water partition coefficient (Wildman–Crippen LogP) is 19.3. The molecule has 0 bridgehead atoms. The van der Waals surface area contributed by atoms with Crippen LogP contribution in [-0.2, 0) is 0 Å². The van der Waals surface area contributed by atoms with Crippen molar-refractivity contribution in [3.8, 4) is 35.5 Å². The van der Waals surface area contributed by atoms with Crippen molar-refractivity contribution in [3.63, 3.8) is 0 Å². The van der Waals surface area contributed by atoms with Crippen molar-refractivity contribution < 1.29 is 0 Å². The van der Waals surface area contributed by atoms with E-state index in [-0.39, 0.29) is 0 Å². The molecule has 378 valence electrons. The Hall–Kier alpha value is -5.93. The molecular weight excluding hydrogens is 1080 g/mol. The van der Waals surface area contributed by atoms with Crippen LogP contribution in [0.5, 0.6) is 0 Å². The van der Waals surface area contributed by atoms with Crippen molar-refractivity contribution in [2.75, 3.05) is 0 Å². The summed E-state index contributed by atoms with van der Waals surface area (Å²) in [6, 6.07) is 65.7. The summed E-state index contributed by atoms with van der Waals surface area (Å²) >= 11 is -6.50. The molecule has 0 fully saturated rings. The van der Waals surface area contributed by atoms with Crippen LogP contribution in [0.15, 0.2) is 197 Å². The van der Waals surface area contributed by atoms with Gasteiger partial charge in [0.05, 0.1) is 0 Å². The third kappa shape index (κ3) is 14.9. The van der Waals surface area contributed by atoms with E-state index in [0.29, 0.717) is 0 Å². The summed E-state index contributed by atoms with van der Waals surface area (Å²) in [5.74, 6) is 21.1. The standard InChI is InChI=1S/C72H78Ge3/c1-10-73(11-2,12-3)55-70(64-28-22-19-23-29-64)67-46-40-58(41-47-67)34-37-61-52-62(38-35-59-42-48-68(49-43-59)71(65-30-24-20-25-31-65)56-74(13-4,14-5)15-6)54-63(53-61)39-36-60-44-50-69(51-45-60)72(66-32-26-21-27-33-66)57-75(16-7,17-8)18-9/h19-33,40-57H,10-18H2,1-9H3/b70-55-,71-56-,72-57-. The van der Waals surface area contributed by atoms with Gasteiger partial charge in [-0.05, 0) is 0 Å². The second-order valence-electron chi connectivity index (χ2n) is 20.3. The molecule has 0 saturated heterocycles. The van der Waals surface area contributed by atoms with E-state index < -0.39 is 39.8 Å². The zero-order valence-electron chi connectivity index (χ0n) is 46.4. The molecule has 7 aromatic carbocycles. The zero-order chi connectivity index (χ0) is 53.1. The number of hydrogen-bond acceptors (Lipinski definition) is 0. The van der Waals surface area contributed by atoms with Gasteiger partial charge in [0.15, 0.2) is 0 Å². The van der Waals surface area contributed by atoms with Crippen molar-refractivity contribution in [1.29, 1.82) is 0 Å². The first-order chi connectivity index (χ1) is 36.6. The summed E-state index contributed by atoms with van der Waals surface area (Å²) in [5, 5.41) is 11.6. The van der Waals surface area contributed by atoms with Gasteiger partial charge in [-0.2, -0.15) is 0 Å². The average Bonchev–Trinajstić information content (AvgIpc) is 3.48. The number of rotatable bonds is 18. The molecule has 0 unspecified atom stereocenters. The van der Waals surface area contributed by atoms with Gasteiger partial charge in [-0.25, -0.2) is 0 Å². The van der Waals surface area contributed by atoms with Crippen LogP contribution in [0.3, 0.4) is 0 Å². The van der Waals surface area contributed by atoms with Gasteiger partial charge < -0.3 is 0 Å². The van der Waals surface area contributed by atoms with Gasteiger partial charge in [0.25, 0.3) is 0 Å². The summed E-state index contributed by atoms with van der Waals surface area (Å²) in [6.07, 6.45) is 0. The Bertz CT molecular complexity index is 2850. The normalized spacial score (nSPS) is 12.2. The van der Waals surface area contributed by atoms with Gasteiger partial charge >= 0.3 is 465 Å². The van der Waals surface area contributed by atoms with Crippen LogP contribution in [0, 0.1) is 35.5 Å². The van der Waals surface area contributed by atoms with Crippen LogP contribution in [-0.4, -0.2) is 39.8 Å². The van der Waals surface area contributed by atoms with E-state index in [9.17, 15) is 0 Å². The van der Waals surface area contributed by atoms with Crippen LogP contribution in [0.1, 0.15) is 129 Å². The second kappa shape index (κ2) is 27.7. The zero-order valence-corrected chi connectivity index (χ0v) is 52.7. The molecule has 0 aliphatic rings. The monoisotopic (exact) mass is 1160 g/mol. The van der Waals surface area contributed by atoms with Crippen molar-refractivity contribution >= 4 is 56.5 Å². The average molecular weight is 1160 g/mol. The molecular formula is C72H78Ge3. The number of hydrogen-bond donors (Lipinski definition) is 0. The van der Waals surface area contributed by atoms with Gasteiger partial charge in [0, 0.05) is 0 Å². The van der Waals surface area contributed by atoms with E-state index >= 15 is 0 Å². The van der Waals surface area contributed by atoms with Crippen molar-refractivity contribution in [3.05, 3.63) is 263 Å². The van der Waals surface area contributed by atoms with E-state index in [1.165, 1.54) is 97.4 Å². The van der Waals surface area contributed by atoms with E-state index in [0.717, 1.165) is 33.4 Å². The van der Waals surface area contributed by atoms with Gasteiger partial charge in [0.2, 0.25) is 0 Å². The van der Waals surface area contributed by atoms with Gasteiger partial charge in [-0.1, -0.05) is 0 Å². The van der Waals surface area contributed by atoms with Crippen LogP contribution >= 0.6 is 0 Å². The third-order valence-electron chi connectivity index (χ3n) is 16.5. The molecule has 0 amide bonds. The molecule has 0 atom stereocenters. The molecule has 3 heteroatoms. The van der Waals surface area contributed by atoms with Crippen molar-refractivity contribution in [1.82, 2.24) is 0 Å². The topological polar surface area (TPSA) is 0 Å². The summed E-state index contributed by atoms with van der Waals surface area (Å²) < 4.78 is 0. The molecule has 0 N–H and O–H groups in total. The van der Waals surface area contributed by atoms with Crippen LogP contribution in [0.2, 0.25) is 47.3 Å². The van der Waals surface area contributed by atoms with E-state index in [2.05, 4.69) is 295 Å². The Morgan fingerprint density at radius 2 is 0.440 bits per heavy atom. The molecule has 0 nitrogen and oxygen atoms in total. The van der Waals surface area contributed by atoms with Crippen LogP contribution < -0.4 is 0 Å². The fourth-order valence-electron chi connectivity index (χ4n) is 10.4. The summed E-state index contributed by atoms with van der Waals surface area (Å²) in [5.41, 5.74) is 17.3. The Kier molecular flexibility index (Phi) is 21.0. The Morgan fingerprint density at radius 3 is 0.640 bits per heavy atom. The van der Waals surface area contributed by atoms with Gasteiger partial charge in [0.1, 0.15) is 0 Å². The molecule has 0 heterocycles. The molecule has 0 spiro atoms. The molecule has 0 saturated carbocycles. The predicted molar refractivity (Wildman–Crippen MR) is 336 cm³/mol. The molecule has 0 radical (unpaired) electrons. The fourth-order valence-corrected chi connectivity index (χ4v) is 29.7. The van der Waals surface area contributed by atoms with Gasteiger partial charge in [-0.3, -0.25) is 0 Å². The van der Waals surface area contributed by atoms with Crippen LogP contribution in [0.25, 0.3) is 16.7 Å². The molecule has 0 aromatic heterocycles. The molecule has 7 aromatic rings. The van der Waals surface area contributed by atoms with E-state index in [1.807, 2.05) is 0 Å². The van der Waals surface area contributed by atoms with E-state index in [1.54, 1.807) is 0 Å². The maximum atomic E-state index is 3.53. The quantitative estimate of drug-likeness (QED) is 0.0593. The molecule has 7 rings (SSSR count). The van der Waals surface area contributed by atoms with Crippen LogP contribution in [0.4, 0.5) is 0 Å². The van der Waals surface area contributed by atoms with E-state index in [4.69, 9.17) is 0 Å². The Morgan fingerprint density at radius 1 is 0.253 bits per heavy atom. The first-order valence-corrected chi connectivity index (χ1v) is 44.9. The summed E-state index contributed by atoms with van der Waals surface area (Å²) in [4.78, 5) is 8.13. The van der Waals surface area contributed by atoms with Gasteiger partial charge in [-0.15, -0.1) is 0 Å². The first-order valence-electron chi connectivity index (χ1n) is 28.0. The molecule has 0 aliphatic heterocycles. The summed E-state index contributed by atoms with van der Waals surface area (Å²) in [6.45, 7) is 21.6. The molecule has 0 aliphatic carbocycles. The fraction of sp³-hybridized carbons (Fsp3) is 0.250. The Labute approximate surface area is 461 Å². The Balaban J connectivity index is 1.25. The minimum atomic E-state index is -2.17. The summed E-state index contributed by atoms with van der Waals surface area (Å²) in [7, 11) is 0. The minimum absolute atomic E-state index is 0.890. The van der Waals surface area contributed by atoms with Crippen molar-refractivity contribution in [2.45, 2.75) is 110 Å². The third-order valence-corrected chi connectivity index (χ3v) is 48.8. The second-order valence-corrected chi connectivity index (χ2v) is 52.6. The maximum absolute atomic E-state index is 3.53. The SMILES string of the molecule is C[CH2][Ge](/[CH]=C(/c1ccccc1)c1ccc(C#Cc2cc(C#Cc3ccc(/C(=[CH]\[Ge]([CH2]C)([CH2]C)[CH2]C)c4ccccc4)cc3)cc(C#Cc3ccc(/C(=[CH]\[Ge]([CH2]C)([CH2]C)[CH2]C)c4ccccc4)cc3)c2)cc1)([CH2]C)[CH2]C. The number of benzene rings is 7. The molecule has 75 heavy (non-hydrogen) atoms. The first kappa shape index (κ1) is 56.8. The van der Waals surface area contributed by atoms with Crippen molar-refractivity contribution in [2.24, 2.45) is 0 Å².